The Morgan fingerprint density at radius 1 is 0.738 bits per heavy atom. The molecule has 0 radical (unpaired) electrons. The first-order valence-electron chi connectivity index (χ1n) is 20.9. The van der Waals surface area contributed by atoms with Crippen molar-refractivity contribution in [2.45, 2.75) is 57.0 Å². The molecule has 3 atom stereocenters. The average Bonchev–Trinajstić information content (AvgIpc) is 3.65. The lowest BCUT2D eigenvalue weighted by Gasteiger charge is -2.40. The van der Waals surface area contributed by atoms with Gasteiger partial charge in [-0.05, 0) is 95.3 Å². The van der Waals surface area contributed by atoms with E-state index in [1.165, 1.54) is 0 Å². The van der Waals surface area contributed by atoms with Crippen LogP contribution in [-0.2, 0) is 22.6 Å². The summed E-state index contributed by atoms with van der Waals surface area (Å²) in [4.78, 5) is 31.2. The number of carbonyl (C=O) groups excluding carboxylic acids is 1. The van der Waals surface area contributed by atoms with Crippen LogP contribution in [0.25, 0.3) is 22.2 Å². The highest BCUT2D eigenvalue weighted by Gasteiger charge is 2.34. The lowest BCUT2D eigenvalue weighted by Crippen LogP contribution is -2.43. The van der Waals surface area contributed by atoms with Crippen LogP contribution in [0.4, 0.5) is 10.5 Å². The molecule has 2 aliphatic heterocycles. The van der Waals surface area contributed by atoms with E-state index in [1.54, 1.807) is 0 Å². The van der Waals surface area contributed by atoms with Crippen molar-refractivity contribution >= 4 is 22.8 Å². The number of amides is 2. The molecule has 0 unspecified atom stereocenters. The first-order valence-corrected chi connectivity index (χ1v) is 20.9. The summed E-state index contributed by atoms with van der Waals surface area (Å²) in [5.74, 6) is 1.43. The number of anilines is 1. The molecule has 61 heavy (non-hydrogen) atoms. The van der Waals surface area contributed by atoms with Crippen molar-refractivity contribution in [2.24, 2.45) is 0 Å². The third kappa shape index (κ3) is 9.61. The van der Waals surface area contributed by atoms with Crippen molar-refractivity contribution in [3.05, 3.63) is 184 Å². The van der Waals surface area contributed by atoms with Crippen molar-refractivity contribution in [3.8, 4) is 22.6 Å². The molecule has 0 aliphatic carbocycles. The third-order valence-corrected chi connectivity index (χ3v) is 11.6. The number of urea groups is 1. The predicted molar refractivity (Wildman–Crippen MR) is 236 cm³/mol. The van der Waals surface area contributed by atoms with E-state index in [9.17, 15) is 14.7 Å². The number of hydrogen-bond acceptors (Lipinski definition) is 7. The summed E-state index contributed by atoms with van der Waals surface area (Å²) >= 11 is 0. The van der Waals surface area contributed by atoms with Crippen LogP contribution >= 0.6 is 0 Å². The van der Waals surface area contributed by atoms with Crippen LogP contribution in [0.2, 0.25) is 0 Å². The van der Waals surface area contributed by atoms with Crippen molar-refractivity contribution in [2.75, 3.05) is 25.0 Å². The number of fused-ring (bicyclic) bond motifs is 1. The highest BCUT2D eigenvalue weighted by Crippen LogP contribution is 2.39. The lowest BCUT2D eigenvalue weighted by molar-refractivity contribution is -0.253. The lowest BCUT2D eigenvalue weighted by atomic mass is 9.98. The van der Waals surface area contributed by atoms with E-state index in [0.29, 0.717) is 24.4 Å². The number of carbonyl (C=O) groups is 1. The van der Waals surface area contributed by atoms with E-state index in [4.69, 9.17) is 14.2 Å². The summed E-state index contributed by atoms with van der Waals surface area (Å²) in [6.07, 6.45) is 1.62. The molecule has 1 aromatic heterocycles. The van der Waals surface area contributed by atoms with E-state index in [1.807, 2.05) is 120 Å². The Hall–Kier alpha value is -6.50. The fourth-order valence-electron chi connectivity index (χ4n) is 8.40. The number of nitrogens with one attached hydrogen (secondary N) is 3. The van der Waals surface area contributed by atoms with Gasteiger partial charge in [-0.3, -0.25) is 4.57 Å². The molecule has 0 bridgehead atoms. The summed E-state index contributed by atoms with van der Waals surface area (Å²) in [7, 11) is 0. The molecule has 9 rings (SSSR count). The maximum atomic E-state index is 12.9. The number of aliphatic hydroxyl groups is 1. The summed E-state index contributed by atoms with van der Waals surface area (Å²) in [6.45, 7) is 2.84. The first kappa shape index (κ1) is 39.9. The number of imidazole rings is 1. The number of rotatable bonds is 12. The highest BCUT2D eigenvalue weighted by atomic mass is 16.7. The molecular weight excluding hydrogens is 767 g/mol. The zero-order valence-corrected chi connectivity index (χ0v) is 33.8. The quantitative estimate of drug-likeness (QED) is 0.0967. The van der Waals surface area contributed by atoms with Gasteiger partial charge in [-0.2, -0.15) is 0 Å². The largest absolute Gasteiger partial charge is 0.457 e. The Kier molecular flexibility index (Phi) is 12.1. The van der Waals surface area contributed by atoms with Gasteiger partial charge in [-0.15, -0.1) is 0 Å². The average molecular weight is 816 g/mol. The maximum absolute atomic E-state index is 12.9. The molecule has 2 amide bonds. The van der Waals surface area contributed by atoms with Gasteiger partial charge in [0.15, 0.2) is 6.29 Å². The molecule has 2 saturated heterocycles. The number of aliphatic hydroxyl groups excluding tert-OH is 1. The Balaban J connectivity index is 0.827. The zero-order valence-electron chi connectivity index (χ0n) is 33.8. The third-order valence-electron chi connectivity index (χ3n) is 11.6. The van der Waals surface area contributed by atoms with E-state index in [2.05, 4.69) is 56.9 Å². The topological polar surface area (TPSA) is 130 Å². The molecule has 11 heteroatoms. The number of nitrogens with zero attached hydrogens (tertiary/aromatic N) is 2. The van der Waals surface area contributed by atoms with Crippen molar-refractivity contribution in [1.82, 2.24) is 19.8 Å². The van der Waals surface area contributed by atoms with Crippen LogP contribution in [0.3, 0.4) is 0 Å². The van der Waals surface area contributed by atoms with E-state index < -0.39 is 6.29 Å². The predicted octanol–water partition coefficient (Wildman–Crippen LogP) is 9.49. The van der Waals surface area contributed by atoms with Gasteiger partial charge in [0.2, 0.25) is 0 Å². The fraction of sp³-hybridized carbons (Fsp3) is 0.240. The minimum Gasteiger partial charge on any atom is -0.457 e. The van der Waals surface area contributed by atoms with E-state index >= 15 is 0 Å². The molecular formula is C50H49N5O6. The number of likely N-dealkylation sites (tertiary alicyclic amines) is 1. The number of piperidine rings is 1. The number of aromatic nitrogens is 2. The fourth-order valence-corrected chi connectivity index (χ4v) is 8.40. The second kappa shape index (κ2) is 18.4. The summed E-state index contributed by atoms with van der Waals surface area (Å²) < 4.78 is 21.2. The number of aromatic amines is 1. The van der Waals surface area contributed by atoms with Crippen molar-refractivity contribution < 1.29 is 24.1 Å². The van der Waals surface area contributed by atoms with Crippen LogP contribution in [0.15, 0.2) is 156 Å². The molecule has 3 heterocycles. The van der Waals surface area contributed by atoms with Gasteiger partial charge in [0.25, 0.3) is 0 Å². The molecule has 310 valence electrons. The maximum Gasteiger partial charge on any atom is 0.326 e. The second-order valence-electron chi connectivity index (χ2n) is 15.8. The zero-order chi connectivity index (χ0) is 41.5. The minimum absolute atomic E-state index is 0.0104. The van der Waals surface area contributed by atoms with Gasteiger partial charge in [0.1, 0.15) is 11.5 Å². The minimum atomic E-state index is -0.570. The first-order chi connectivity index (χ1) is 29.9. The van der Waals surface area contributed by atoms with Gasteiger partial charge >= 0.3 is 11.7 Å². The Labute approximate surface area is 354 Å². The van der Waals surface area contributed by atoms with Crippen molar-refractivity contribution in [1.29, 1.82) is 0 Å². The molecule has 7 aromatic rings. The van der Waals surface area contributed by atoms with Gasteiger partial charge in [0, 0.05) is 49.9 Å². The number of benzene rings is 6. The Morgan fingerprint density at radius 2 is 1.46 bits per heavy atom. The molecule has 11 nitrogen and oxygen atoms in total. The second-order valence-corrected chi connectivity index (χ2v) is 15.8. The molecule has 2 fully saturated rings. The van der Waals surface area contributed by atoms with E-state index in [0.717, 1.165) is 82.6 Å². The molecule has 0 saturated carbocycles. The summed E-state index contributed by atoms with van der Waals surface area (Å²) in [5.41, 5.74) is 8.32. The van der Waals surface area contributed by atoms with Gasteiger partial charge in [-0.1, -0.05) is 97.1 Å². The van der Waals surface area contributed by atoms with Crippen LogP contribution in [0.5, 0.6) is 11.5 Å². The Morgan fingerprint density at radius 3 is 2.23 bits per heavy atom. The number of para-hydroxylation sites is 3. The molecule has 2 aliphatic rings. The monoisotopic (exact) mass is 815 g/mol. The normalized spacial score (nSPS) is 18.5. The number of hydrogen-bond donors (Lipinski definition) is 4. The standard InChI is InChI=1S/C50H49N5O6/c56-33-34-13-15-37(16-14-34)47-30-44(32-54-27-25-41(26-28-54)55-46-12-5-4-11-45(46)53-50(55)58)60-48(61-47)38-19-17-36(18-20-38)39-8-6-7-35(29-39)31-51-49(57)52-40-21-23-43(24-22-40)59-42-9-2-1-3-10-42/h1-24,29,41,44,47-48,56H,25-28,30-33H2,(H,53,58)(H2,51,52,57)/t44-,47+,48+/m1/s1. The SMILES string of the molecule is O=C(NCc1cccc(-c2ccc([C@H]3O[C@@H](CN4CCC(n5c(=O)[nH]c6ccccc65)CC4)C[C@@H](c4ccc(CO)cc4)O3)cc2)c1)Nc1ccc(Oc2ccccc2)cc1. The van der Waals surface area contributed by atoms with Gasteiger partial charge in [-0.25, -0.2) is 9.59 Å². The van der Waals surface area contributed by atoms with Crippen molar-refractivity contribution in [3.63, 3.8) is 0 Å². The van der Waals surface area contributed by atoms with Crippen LogP contribution in [0.1, 0.15) is 60.0 Å². The van der Waals surface area contributed by atoms with Gasteiger partial charge < -0.3 is 39.8 Å². The summed E-state index contributed by atoms with van der Waals surface area (Å²) in [6, 6.07) is 48.9. The van der Waals surface area contributed by atoms with Crippen LogP contribution < -0.4 is 21.1 Å². The number of H-pyrrole nitrogens is 1. The molecule has 0 spiro atoms. The molecule has 4 N–H and O–H groups in total. The highest BCUT2D eigenvalue weighted by molar-refractivity contribution is 5.89. The number of ether oxygens (including phenoxy) is 3. The van der Waals surface area contributed by atoms with Crippen LogP contribution in [0, 0.1) is 0 Å². The van der Waals surface area contributed by atoms with Gasteiger partial charge in [0.05, 0.1) is 29.8 Å². The summed E-state index contributed by atoms with van der Waals surface area (Å²) in [5, 5.41) is 15.5. The van der Waals surface area contributed by atoms with Crippen LogP contribution in [-0.4, -0.2) is 51.3 Å². The molecule has 6 aromatic carbocycles. The smallest absolute Gasteiger partial charge is 0.326 e. The van der Waals surface area contributed by atoms with E-state index in [-0.39, 0.29) is 36.6 Å². The Bertz CT molecular complexity index is 2600.